The molecule has 1 aromatic heterocycles. The second-order valence-electron chi connectivity index (χ2n) is 6.96. The first-order valence-electron chi connectivity index (χ1n) is 9.86. The number of anilines is 1. The predicted molar refractivity (Wildman–Crippen MR) is 122 cm³/mol. The van der Waals surface area contributed by atoms with Crippen molar-refractivity contribution in [2.45, 2.75) is 26.2 Å². The van der Waals surface area contributed by atoms with Gasteiger partial charge in [-0.15, -0.1) is 0 Å². The van der Waals surface area contributed by atoms with Crippen LogP contribution in [0.4, 0.5) is 5.69 Å². The van der Waals surface area contributed by atoms with Crippen LogP contribution in [0.2, 0.25) is 10.0 Å². The summed E-state index contributed by atoms with van der Waals surface area (Å²) in [5.41, 5.74) is 3.30. The molecule has 3 rings (SSSR count). The number of pyridine rings is 1. The van der Waals surface area contributed by atoms with Crippen LogP contribution in [0.25, 0.3) is 10.9 Å². The topological polar surface area (TPSA) is 28.2 Å². The standard InChI is InChI=1S/C23H27Cl2N3/c1-3-28(4-2)14-12-18(17-5-7-19(24)8-6-17)16-27-22-11-13-26-23-15-20(25)9-10-21(22)23/h5-11,13,15,18H,3-4,12,14,16H2,1-2H3,(H,26,27)/t18-/m0/s1. The molecule has 3 nitrogen and oxygen atoms in total. The molecule has 0 aliphatic heterocycles. The first-order valence-corrected chi connectivity index (χ1v) is 10.6. The molecule has 2 aromatic carbocycles. The van der Waals surface area contributed by atoms with Crippen LogP contribution in [0.15, 0.2) is 54.7 Å². The predicted octanol–water partition coefficient (Wildman–Crippen LogP) is 6.47. The van der Waals surface area contributed by atoms with E-state index in [0.717, 1.165) is 54.2 Å². The first kappa shape index (κ1) is 20.9. The maximum absolute atomic E-state index is 6.11. The minimum Gasteiger partial charge on any atom is -0.384 e. The molecule has 1 heterocycles. The fourth-order valence-electron chi connectivity index (χ4n) is 3.51. The summed E-state index contributed by atoms with van der Waals surface area (Å²) in [5.74, 6) is 0.397. The zero-order valence-corrected chi connectivity index (χ0v) is 18.0. The van der Waals surface area contributed by atoms with Crippen LogP contribution in [-0.4, -0.2) is 36.1 Å². The SMILES string of the molecule is CCN(CC)CC[C@@H](CNc1ccnc2cc(Cl)ccc12)c1ccc(Cl)cc1. The molecule has 0 spiro atoms. The van der Waals surface area contributed by atoms with Crippen molar-refractivity contribution in [3.05, 3.63) is 70.3 Å². The molecule has 0 aliphatic carbocycles. The fraction of sp³-hybridized carbons (Fsp3) is 0.348. The summed E-state index contributed by atoms with van der Waals surface area (Å²) in [4.78, 5) is 6.90. The zero-order chi connectivity index (χ0) is 19.9. The summed E-state index contributed by atoms with van der Waals surface area (Å²) < 4.78 is 0. The largest absolute Gasteiger partial charge is 0.384 e. The molecule has 1 N–H and O–H groups in total. The molecule has 148 valence electrons. The van der Waals surface area contributed by atoms with Gasteiger partial charge in [-0.05, 0) is 68.0 Å². The van der Waals surface area contributed by atoms with Crippen molar-refractivity contribution in [3.8, 4) is 0 Å². The Morgan fingerprint density at radius 2 is 1.68 bits per heavy atom. The van der Waals surface area contributed by atoms with Gasteiger partial charge in [-0.2, -0.15) is 0 Å². The van der Waals surface area contributed by atoms with E-state index in [1.54, 1.807) is 0 Å². The van der Waals surface area contributed by atoms with E-state index < -0.39 is 0 Å². The molecule has 0 saturated carbocycles. The molecule has 3 aromatic rings. The number of halogens is 2. The van der Waals surface area contributed by atoms with Gasteiger partial charge in [0.1, 0.15) is 0 Å². The molecule has 0 aliphatic rings. The Kier molecular flexibility index (Phi) is 7.55. The van der Waals surface area contributed by atoms with Crippen LogP contribution in [0.5, 0.6) is 0 Å². The first-order chi connectivity index (χ1) is 13.6. The van der Waals surface area contributed by atoms with Gasteiger partial charge in [-0.1, -0.05) is 49.2 Å². The van der Waals surface area contributed by atoms with Crippen LogP contribution in [0.3, 0.4) is 0 Å². The molecular weight excluding hydrogens is 389 g/mol. The van der Waals surface area contributed by atoms with Gasteiger partial charge in [0.2, 0.25) is 0 Å². The molecule has 28 heavy (non-hydrogen) atoms. The van der Waals surface area contributed by atoms with Crippen LogP contribution < -0.4 is 5.32 Å². The maximum atomic E-state index is 6.11. The molecule has 0 radical (unpaired) electrons. The van der Waals surface area contributed by atoms with E-state index in [1.807, 2.05) is 42.6 Å². The van der Waals surface area contributed by atoms with E-state index >= 15 is 0 Å². The quantitative estimate of drug-likeness (QED) is 0.433. The van der Waals surface area contributed by atoms with E-state index in [0.29, 0.717) is 10.9 Å². The van der Waals surface area contributed by atoms with E-state index in [1.165, 1.54) is 5.56 Å². The number of hydrogen-bond donors (Lipinski definition) is 1. The van der Waals surface area contributed by atoms with Crippen molar-refractivity contribution < 1.29 is 0 Å². The number of fused-ring (bicyclic) bond motifs is 1. The lowest BCUT2D eigenvalue weighted by Gasteiger charge is -2.24. The van der Waals surface area contributed by atoms with Gasteiger partial charge in [-0.3, -0.25) is 4.98 Å². The highest BCUT2D eigenvalue weighted by Gasteiger charge is 2.14. The van der Waals surface area contributed by atoms with Gasteiger partial charge in [0.05, 0.1) is 5.52 Å². The minimum absolute atomic E-state index is 0.397. The molecule has 1 atom stereocenters. The van der Waals surface area contributed by atoms with Crippen molar-refractivity contribution >= 4 is 39.8 Å². The second kappa shape index (κ2) is 10.1. The lowest BCUT2D eigenvalue weighted by molar-refractivity contribution is 0.291. The Balaban J connectivity index is 1.78. The van der Waals surface area contributed by atoms with Crippen LogP contribution in [0, 0.1) is 0 Å². The maximum Gasteiger partial charge on any atom is 0.0737 e. The number of nitrogens with zero attached hydrogens (tertiary/aromatic N) is 2. The average molecular weight is 416 g/mol. The van der Waals surface area contributed by atoms with E-state index in [-0.39, 0.29) is 0 Å². The number of aromatic nitrogens is 1. The monoisotopic (exact) mass is 415 g/mol. The van der Waals surface area contributed by atoms with Crippen LogP contribution in [0.1, 0.15) is 31.7 Å². The van der Waals surface area contributed by atoms with E-state index in [9.17, 15) is 0 Å². The molecular formula is C23H27Cl2N3. The van der Waals surface area contributed by atoms with E-state index in [4.69, 9.17) is 23.2 Å². The number of nitrogens with one attached hydrogen (secondary N) is 1. The highest BCUT2D eigenvalue weighted by atomic mass is 35.5. The smallest absolute Gasteiger partial charge is 0.0737 e. The Morgan fingerprint density at radius 1 is 0.964 bits per heavy atom. The third-order valence-electron chi connectivity index (χ3n) is 5.27. The average Bonchev–Trinajstić information content (AvgIpc) is 2.71. The molecule has 0 saturated heterocycles. The third-order valence-corrected chi connectivity index (χ3v) is 5.76. The van der Waals surface area contributed by atoms with Crippen LogP contribution in [-0.2, 0) is 0 Å². The zero-order valence-electron chi connectivity index (χ0n) is 16.5. The number of rotatable bonds is 9. The Hall–Kier alpha value is -1.81. The van der Waals surface area contributed by atoms with Crippen molar-refractivity contribution in [1.82, 2.24) is 9.88 Å². The highest BCUT2D eigenvalue weighted by Crippen LogP contribution is 2.27. The number of hydrogen-bond acceptors (Lipinski definition) is 3. The lowest BCUT2D eigenvalue weighted by atomic mass is 9.95. The van der Waals surface area contributed by atoms with Gasteiger partial charge in [0.15, 0.2) is 0 Å². The normalized spacial score (nSPS) is 12.5. The van der Waals surface area contributed by atoms with Gasteiger partial charge in [-0.25, -0.2) is 0 Å². The van der Waals surface area contributed by atoms with Crippen molar-refractivity contribution in [2.75, 3.05) is 31.5 Å². The third kappa shape index (κ3) is 5.38. The lowest BCUT2D eigenvalue weighted by Crippen LogP contribution is -2.26. The van der Waals surface area contributed by atoms with Gasteiger partial charge in [0.25, 0.3) is 0 Å². The highest BCUT2D eigenvalue weighted by molar-refractivity contribution is 6.31. The summed E-state index contributed by atoms with van der Waals surface area (Å²) in [6.07, 6.45) is 2.92. The molecule has 0 bridgehead atoms. The van der Waals surface area contributed by atoms with Gasteiger partial charge in [0, 0.05) is 39.8 Å². The summed E-state index contributed by atoms with van der Waals surface area (Å²) in [6.45, 7) is 8.51. The minimum atomic E-state index is 0.397. The molecule has 0 amide bonds. The van der Waals surface area contributed by atoms with Crippen molar-refractivity contribution in [3.63, 3.8) is 0 Å². The second-order valence-corrected chi connectivity index (χ2v) is 7.84. The van der Waals surface area contributed by atoms with Gasteiger partial charge >= 0.3 is 0 Å². The van der Waals surface area contributed by atoms with Crippen LogP contribution >= 0.6 is 23.2 Å². The molecule has 0 unspecified atom stereocenters. The number of benzene rings is 2. The fourth-order valence-corrected chi connectivity index (χ4v) is 3.80. The van der Waals surface area contributed by atoms with Crippen molar-refractivity contribution in [2.24, 2.45) is 0 Å². The van der Waals surface area contributed by atoms with Gasteiger partial charge < -0.3 is 10.2 Å². The Morgan fingerprint density at radius 3 is 2.39 bits per heavy atom. The summed E-state index contributed by atoms with van der Waals surface area (Å²) in [5, 5.41) is 6.21. The Bertz CT molecular complexity index is 892. The molecule has 0 fully saturated rings. The summed E-state index contributed by atoms with van der Waals surface area (Å²) in [6, 6.07) is 16.1. The van der Waals surface area contributed by atoms with Crippen molar-refractivity contribution in [1.29, 1.82) is 0 Å². The summed E-state index contributed by atoms with van der Waals surface area (Å²) >= 11 is 12.2. The van der Waals surface area contributed by atoms with E-state index in [2.05, 4.69) is 41.2 Å². The molecule has 5 heteroatoms. The Labute approximate surface area is 177 Å². The summed E-state index contributed by atoms with van der Waals surface area (Å²) in [7, 11) is 0.